The highest BCUT2D eigenvalue weighted by Gasteiger charge is 2.13. The lowest BCUT2D eigenvalue weighted by atomic mass is 9.99. The summed E-state index contributed by atoms with van der Waals surface area (Å²) in [5, 5.41) is 1.86. The summed E-state index contributed by atoms with van der Waals surface area (Å²) in [6, 6.07) is 0. The predicted molar refractivity (Wildman–Crippen MR) is 42.2 cm³/mol. The number of piperidine rings is 1. The van der Waals surface area contributed by atoms with Gasteiger partial charge in [0.05, 0.1) is 0 Å². The number of nitrogens with two attached hydrogens (primary N) is 1. The Morgan fingerprint density at radius 2 is 2.50 bits per heavy atom. The monoisotopic (exact) mass is 138 g/mol. The lowest BCUT2D eigenvalue weighted by Crippen LogP contribution is -2.39. The van der Waals surface area contributed by atoms with Crippen LogP contribution in [-0.4, -0.2) is 18.1 Å². The van der Waals surface area contributed by atoms with E-state index >= 15 is 0 Å². The van der Waals surface area contributed by atoms with E-state index in [1.165, 1.54) is 12.8 Å². The molecule has 1 atom stereocenters. The zero-order chi connectivity index (χ0) is 7.40. The molecule has 0 saturated carbocycles. The van der Waals surface area contributed by atoms with Crippen LogP contribution in [0.3, 0.4) is 0 Å². The van der Waals surface area contributed by atoms with Crippen LogP contribution in [0, 0.1) is 5.92 Å². The van der Waals surface area contributed by atoms with Gasteiger partial charge in [0, 0.05) is 13.1 Å². The second-order valence-corrected chi connectivity index (χ2v) is 2.77. The van der Waals surface area contributed by atoms with E-state index in [0.717, 1.165) is 13.1 Å². The number of hydrazine groups is 1. The number of nitrogens with zero attached hydrogens (tertiary/aromatic N) is 1. The van der Waals surface area contributed by atoms with Crippen LogP contribution in [0.4, 0.5) is 0 Å². The van der Waals surface area contributed by atoms with Gasteiger partial charge in [-0.1, -0.05) is 6.58 Å². The molecule has 1 fully saturated rings. The molecular weight excluding hydrogens is 124 g/mol. The number of rotatable bonds is 1. The smallest absolute Gasteiger partial charge is 0.0197 e. The van der Waals surface area contributed by atoms with E-state index < -0.39 is 0 Å². The van der Waals surface area contributed by atoms with E-state index in [1.54, 1.807) is 0 Å². The van der Waals surface area contributed by atoms with Crippen molar-refractivity contribution in [2.75, 3.05) is 13.1 Å². The molecule has 1 aliphatic heterocycles. The van der Waals surface area contributed by atoms with Crippen molar-refractivity contribution in [3.05, 3.63) is 18.4 Å². The molecular formula is C8H14N2. The Morgan fingerprint density at radius 3 is 3.10 bits per heavy atom. The van der Waals surface area contributed by atoms with Gasteiger partial charge in [-0.15, -0.1) is 5.73 Å². The van der Waals surface area contributed by atoms with E-state index in [-0.39, 0.29) is 0 Å². The molecule has 0 bridgehead atoms. The van der Waals surface area contributed by atoms with Crippen molar-refractivity contribution in [3.8, 4) is 0 Å². The van der Waals surface area contributed by atoms with E-state index in [1.807, 2.05) is 11.1 Å². The first kappa shape index (κ1) is 7.55. The summed E-state index contributed by atoms with van der Waals surface area (Å²) < 4.78 is 0. The van der Waals surface area contributed by atoms with E-state index in [2.05, 4.69) is 12.3 Å². The third kappa shape index (κ3) is 1.99. The average molecular weight is 138 g/mol. The van der Waals surface area contributed by atoms with Crippen LogP contribution < -0.4 is 5.84 Å². The Bertz CT molecular complexity index is 147. The molecule has 56 valence electrons. The van der Waals surface area contributed by atoms with Crippen molar-refractivity contribution in [1.82, 2.24) is 5.01 Å². The minimum Gasteiger partial charge on any atom is -0.269 e. The Labute approximate surface area is 62.0 Å². The van der Waals surface area contributed by atoms with Crippen molar-refractivity contribution < 1.29 is 0 Å². The summed E-state index contributed by atoms with van der Waals surface area (Å²) in [5.41, 5.74) is 2.80. The van der Waals surface area contributed by atoms with Crippen molar-refractivity contribution in [2.24, 2.45) is 11.8 Å². The topological polar surface area (TPSA) is 29.3 Å². The Balaban J connectivity index is 2.39. The first-order chi connectivity index (χ1) is 4.83. The van der Waals surface area contributed by atoms with Crippen LogP contribution in [0.15, 0.2) is 18.4 Å². The molecule has 0 amide bonds. The highest BCUT2D eigenvalue weighted by atomic mass is 15.4. The first-order valence-electron chi connectivity index (χ1n) is 3.68. The molecule has 0 aromatic rings. The van der Waals surface area contributed by atoms with Crippen molar-refractivity contribution in [3.63, 3.8) is 0 Å². The van der Waals surface area contributed by atoms with Gasteiger partial charge in [-0.2, -0.15) is 0 Å². The van der Waals surface area contributed by atoms with Gasteiger partial charge >= 0.3 is 0 Å². The lowest BCUT2D eigenvalue weighted by Gasteiger charge is -2.26. The van der Waals surface area contributed by atoms with Gasteiger partial charge in [-0.25, -0.2) is 5.01 Å². The van der Waals surface area contributed by atoms with Gasteiger partial charge in [0.2, 0.25) is 0 Å². The van der Waals surface area contributed by atoms with Crippen LogP contribution in [0.25, 0.3) is 0 Å². The molecule has 0 aromatic heterocycles. The first-order valence-corrected chi connectivity index (χ1v) is 3.68. The van der Waals surface area contributed by atoms with Gasteiger partial charge in [-0.3, -0.25) is 5.84 Å². The fourth-order valence-corrected chi connectivity index (χ4v) is 1.34. The Hall–Kier alpha value is -0.560. The van der Waals surface area contributed by atoms with Crippen molar-refractivity contribution in [1.29, 1.82) is 0 Å². The van der Waals surface area contributed by atoms with Crippen LogP contribution in [0.2, 0.25) is 0 Å². The highest BCUT2D eigenvalue weighted by molar-refractivity contribution is 4.87. The molecule has 0 aliphatic carbocycles. The molecule has 2 N–H and O–H groups in total. The molecule has 0 aromatic carbocycles. The lowest BCUT2D eigenvalue weighted by molar-refractivity contribution is 0.201. The van der Waals surface area contributed by atoms with Gasteiger partial charge in [0.25, 0.3) is 0 Å². The highest BCUT2D eigenvalue weighted by Crippen LogP contribution is 2.14. The maximum Gasteiger partial charge on any atom is 0.0197 e. The maximum absolute atomic E-state index is 5.62. The minimum atomic E-state index is 0.580. The van der Waals surface area contributed by atoms with Crippen LogP contribution in [0.1, 0.15) is 12.8 Å². The molecule has 10 heavy (non-hydrogen) atoms. The SMILES string of the molecule is C=C=CC1CCCN(N)C1. The largest absolute Gasteiger partial charge is 0.269 e. The molecule has 1 aliphatic rings. The quantitative estimate of drug-likeness (QED) is 0.431. The molecule has 1 rings (SSSR count). The fourth-order valence-electron chi connectivity index (χ4n) is 1.34. The molecule has 2 heteroatoms. The number of hydrogen-bond donors (Lipinski definition) is 1. The fraction of sp³-hybridized carbons (Fsp3) is 0.625. The summed E-state index contributed by atoms with van der Waals surface area (Å²) in [4.78, 5) is 0. The number of hydrogen-bond acceptors (Lipinski definition) is 2. The average Bonchev–Trinajstić information content (AvgIpc) is 1.88. The standard InChI is InChI=1S/C8H14N2/c1-2-4-8-5-3-6-10(9)7-8/h4,8H,1,3,5-7,9H2. The zero-order valence-electron chi connectivity index (χ0n) is 6.21. The van der Waals surface area contributed by atoms with Gasteiger partial charge < -0.3 is 0 Å². The van der Waals surface area contributed by atoms with E-state index in [4.69, 9.17) is 5.84 Å². The predicted octanol–water partition coefficient (Wildman–Crippen LogP) is 0.913. The second-order valence-electron chi connectivity index (χ2n) is 2.77. The normalized spacial score (nSPS) is 27.5. The molecule has 1 heterocycles. The van der Waals surface area contributed by atoms with Gasteiger partial charge in [-0.05, 0) is 24.8 Å². The molecule has 2 nitrogen and oxygen atoms in total. The minimum absolute atomic E-state index is 0.580. The Morgan fingerprint density at radius 1 is 1.70 bits per heavy atom. The second kappa shape index (κ2) is 3.57. The third-order valence-electron chi connectivity index (χ3n) is 1.84. The van der Waals surface area contributed by atoms with Crippen LogP contribution in [-0.2, 0) is 0 Å². The molecule has 0 radical (unpaired) electrons. The van der Waals surface area contributed by atoms with Crippen LogP contribution in [0.5, 0.6) is 0 Å². The summed E-state index contributed by atoms with van der Waals surface area (Å²) in [6.45, 7) is 5.53. The molecule has 1 saturated heterocycles. The Kier molecular flexibility index (Phi) is 2.69. The van der Waals surface area contributed by atoms with E-state index in [9.17, 15) is 0 Å². The van der Waals surface area contributed by atoms with Gasteiger partial charge in [0.15, 0.2) is 0 Å². The molecule has 1 unspecified atom stereocenters. The zero-order valence-corrected chi connectivity index (χ0v) is 6.21. The van der Waals surface area contributed by atoms with E-state index in [0.29, 0.717) is 5.92 Å². The van der Waals surface area contributed by atoms with Gasteiger partial charge in [0.1, 0.15) is 0 Å². The maximum atomic E-state index is 5.62. The van der Waals surface area contributed by atoms with Crippen LogP contribution >= 0.6 is 0 Å². The molecule has 0 spiro atoms. The van der Waals surface area contributed by atoms with Crippen molar-refractivity contribution in [2.45, 2.75) is 12.8 Å². The summed E-state index contributed by atoms with van der Waals surface area (Å²) >= 11 is 0. The van der Waals surface area contributed by atoms with Crippen molar-refractivity contribution >= 4 is 0 Å². The summed E-state index contributed by atoms with van der Waals surface area (Å²) in [5.74, 6) is 6.20. The summed E-state index contributed by atoms with van der Waals surface area (Å²) in [7, 11) is 0. The summed E-state index contributed by atoms with van der Waals surface area (Å²) in [6.07, 6.45) is 4.44. The third-order valence-corrected chi connectivity index (χ3v) is 1.84.